The number of aryl methyl sites for hydroxylation is 1. The zero-order valence-corrected chi connectivity index (χ0v) is 18.1. The minimum Gasteiger partial charge on any atom is -0.386 e. The van der Waals surface area contributed by atoms with Crippen LogP contribution in [0, 0.1) is 18.2 Å². The molecule has 4 N–H and O–H groups in total. The summed E-state index contributed by atoms with van der Waals surface area (Å²) in [5, 5.41) is 4.72. The number of fused-ring (bicyclic) bond motifs is 3. The summed E-state index contributed by atoms with van der Waals surface area (Å²) in [4.78, 5) is 24.1. The summed E-state index contributed by atoms with van der Waals surface area (Å²) in [6, 6.07) is 3.30. The molecule has 4 aromatic rings. The van der Waals surface area contributed by atoms with Crippen LogP contribution in [0.25, 0.3) is 21.9 Å². The van der Waals surface area contributed by atoms with Crippen molar-refractivity contribution in [2.45, 2.75) is 32.2 Å². The number of benzene rings is 1. The Morgan fingerprint density at radius 2 is 2.06 bits per heavy atom. The largest absolute Gasteiger partial charge is 0.386 e. The Bertz CT molecular complexity index is 1350. The van der Waals surface area contributed by atoms with E-state index >= 15 is 0 Å². The van der Waals surface area contributed by atoms with Crippen LogP contribution in [0.1, 0.15) is 30.1 Å². The first-order valence-electron chi connectivity index (χ1n) is 10.9. The van der Waals surface area contributed by atoms with Gasteiger partial charge in [0.1, 0.15) is 28.9 Å². The molecule has 4 heterocycles. The number of H-pyrrole nitrogens is 1. The highest BCUT2D eigenvalue weighted by Gasteiger charge is 2.55. The number of nitrogens with one attached hydrogen (secondary N) is 2. The van der Waals surface area contributed by atoms with E-state index in [1.165, 1.54) is 6.07 Å². The van der Waals surface area contributed by atoms with Crippen LogP contribution in [-0.2, 0) is 6.42 Å². The van der Waals surface area contributed by atoms with Gasteiger partial charge in [0, 0.05) is 55.8 Å². The van der Waals surface area contributed by atoms with Gasteiger partial charge in [0.25, 0.3) is 0 Å². The second-order valence-electron chi connectivity index (χ2n) is 9.10. The zero-order valence-electron chi connectivity index (χ0n) is 18.1. The standard InChI is InChI=1S/C23H25FN8/c1-12-27-9-13(10-28-12)5-18-29-21-19(15-6-14(24)7-16(26-2)20(15)31-21)22(30-18)32-4-3-23(11-32)8-17(23)25/h6-7,9-10,17,26H,3-5,8,11,25H2,1-2H3,(H,29,30,31). The van der Waals surface area contributed by atoms with Crippen molar-refractivity contribution in [3.8, 4) is 0 Å². The summed E-state index contributed by atoms with van der Waals surface area (Å²) < 4.78 is 14.4. The fourth-order valence-corrected chi connectivity index (χ4v) is 5.01. The summed E-state index contributed by atoms with van der Waals surface area (Å²) in [5.74, 6) is 1.95. The molecule has 0 radical (unpaired) electrons. The van der Waals surface area contributed by atoms with Gasteiger partial charge in [0.15, 0.2) is 0 Å². The van der Waals surface area contributed by atoms with Crippen molar-refractivity contribution in [2.75, 3.05) is 30.4 Å². The van der Waals surface area contributed by atoms with E-state index in [2.05, 4.69) is 25.2 Å². The lowest BCUT2D eigenvalue weighted by molar-refractivity contribution is 0.553. The maximum atomic E-state index is 14.4. The van der Waals surface area contributed by atoms with Crippen molar-refractivity contribution in [3.63, 3.8) is 0 Å². The number of halogens is 1. The Labute approximate surface area is 184 Å². The molecular weight excluding hydrogens is 407 g/mol. The van der Waals surface area contributed by atoms with Crippen LogP contribution in [0.5, 0.6) is 0 Å². The van der Waals surface area contributed by atoms with Crippen molar-refractivity contribution >= 4 is 33.4 Å². The molecule has 1 aliphatic carbocycles. The maximum absolute atomic E-state index is 14.4. The van der Waals surface area contributed by atoms with Gasteiger partial charge in [-0.3, -0.25) is 0 Å². The van der Waals surface area contributed by atoms with Gasteiger partial charge in [-0.25, -0.2) is 24.3 Å². The van der Waals surface area contributed by atoms with Gasteiger partial charge in [0.2, 0.25) is 0 Å². The molecule has 1 spiro atoms. The predicted octanol–water partition coefficient (Wildman–Crippen LogP) is 2.91. The molecule has 2 aliphatic rings. The fraction of sp³-hybridized carbons (Fsp3) is 0.391. The van der Waals surface area contributed by atoms with Gasteiger partial charge < -0.3 is 20.9 Å². The lowest BCUT2D eigenvalue weighted by Gasteiger charge is -2.19. The molecule has 1 aliphatic heterocycles. The van der Waals surface area contributed by atoms with Crippen LogP contribution < -0.4 is 16.0 Å². The van der Waals surface area contributed by atoms with E-state index in [9.17, 15) is 4.39 Å². The molecule has 1 saturated heterocycles. The highest BCUT2D eigenvalue weighted by Crippen LogP contribution is 2.53. The van der Waals surface area contributed by atoms with Crippen molar-refractivity contribution in [2.24, 2.45) is 11.1 Å². The number of hydrogen-bond acceptors (Lipinski definition) is 7. The minimum absolute atomic E-state index is 0.190. The minimum atomic E-state index is -0.295. The van der Waals surface area contributed by atoms with E-state index < -0.39 is 0 Å². The first kappa shape index (κ1) is 19.4. The van der Waals surface area contributed by atoms with Crippen LogP contribution in [0.15, 0.2) is 24.5 Å². The number of aromatic amines is 1. The molecule has 6 rings (SSSR count). The van der Waals surface area contributed by atoms with Gasteiger partial charge >= 0.3 is 0 Å². The number of rotatable bonds is 4. The summed E-state index contributed by atoms with van der Waals surface area (Å²) in [6.07, 6.45) is 6.24. The molecule has 8 nitrogen and oxygen atoms in total. The summed E-state index contributed by atoms with van der Waals surface area (Å²) >= 11 is 0. The molecule has 1 aromatic carbocycles. The van der Waals surface area contributed by atoms with Gasteiger partial charge in [0.05, 0.1) is 16.6 Å². The van der Waals surface area contributed by atoms with E-state index in [0.29, 0.717) is 23.6 Å². The van der Waals surface area contributed by atoms with Crippen molar-refractivity contribution in [1.82, 2.24) is 24.9 Å². The molecule has 3 aromatic heterocycles. The monoisotopic (exact) mass is 432 g/mol. The van der Waals surface area contributed by atoms with Crippen molar-refractivity contribution in [1.29, 1.82) is 0 Å². The van der Waals surface area contributed by atoms with E-state index in [4.69, 9.17) is 15.7 Å². The maximum Gasteiger partial charge on any atom is 0.144 e. The quantitative estimate of drug-likeness (QED) is 0.455. The number of hydrogen-bond donors (Lipinski definition) is 3. The number of nitrogens with two attached hydrogens (primary N) is 1. The zero-order chi connectivity index (χ0) is 22.0. The van der Waals surface area contributed by atoms with E-state index in [-0.39, 0.29) is 17.3 Å². The van der Waals surface area contributed by atoms with Crippen molar-refractivity contribution in [3.05, 3.63) is 47.6 Å². The summed E-state index contributed by atoms with van der Waals surface area (Å²) in [5.41, 5.74) is 9.61. The molecule has 1 saturated carbocycles. The Hall–Kier alpha value is -3.33. The average Bonchev–Trinajstić information content (AvgIpc) is 3.10. The van der Waals surface area contributed by atoms with E-state index in [0.717, 1.165) is 59.4 Å². The molecule has 0 bridgehead atoms. The van der Waals surface area contributed by atoms with Crippen LogP contribution in [0.2, 0.25) is 0 Å². The van der Waals surface area contributed by atoms with E-state index in [1.54, 1.807) is 13.1 Å². The third-order valence-corrected chi connectivity index (χ3v) is 6.96. The van der Waals surface area contributed by atoms with Crippen LogP contribution in [0.4, 0.5) is 15.9 Å². The van der Waals surface area contributed by atoms with Crippen LogP contribution in [0.3, 0.4) is 0 Å². The second kappa shape index (κ2) is 6.83. The van der Waals surface area contributed by atoms with Gasteiger partial charge in [-0.1, -0.05) is 0 Å². The summed E-state index contributed by atoms with van der Waals surface area (Å²) in [7, 11) is 1.79. The lowest BCUT2D eigenvalue weighted by Crippen LogP contribution is -2.24. The second-order valence-corrected chi connectivity index (χ2v) is 9.10. The first-order chi connectivity index (χ1) is 15.5. The smallest absolute Gasteiger partial charge is 0.144 e. The highest BCUT2D eigenvalue weighted by atomic mass is 19.1. The summed E-state index contributed by atoms with van der Waals surface area (Å²) in [6.45, 7) is 3.61. The third kappa shape index (κ3) is 2.99. The molecule has 32 heavy (non-hydrogen) atoms. The Morgan fingerprint density at radius 3 is 2.75 bits per heavy atom. The normalized spacial score (nSPS) is 22.4. The Balaban J connectivity index is 1.53. The van der Waals surface area contributed by atoms with Gasteiger partial charge in [-0.05, 0) is 37.5 Å². The predicted molar refractivity (Wildman–Crippen MR) is 122 cm³/mol. The molecule has 9 heteroatoms. The van der Waals surface area contributed by atoms with Crippen LogP contribution >= 0.6 is 0 Å². The Morgan fingerprint density at radius 1 is 1.28 bits per heavy atom. The Kier molecular flexibility index (Phi) is 4.13. The molecule has 0 amide bonds. The molecule has 2 fully saturated rings. The molecule has 164 valence electrons. The lowest BCUT2D eigenvalue weighted by atomic mass is 10.1. The van der Waals surface area contributed by atoms with Gasteiger partial charge in [-0.2, -0.15) is 0 Å². The van der Waals surface area contributed by atoms with E-state index in [1.807, 2.05) is 19.3 Å². The number of anilines is 2. The number of nitrogens with zero attached hydrogens (tertiary/aromatic N) is 5. The molecule has 2 unspecified atom stereocenters. The highest BCUT2D eigenvalue weighted by molar-refractivity contribution is 6.14. The SMILES string of the molecule is CNc1cc(F)cc2c1[nH]c1nc(Cc3cnc(C)nc3)nc(N3CCC4(CC4N)C3)c12. The third-order valence-electron chi connectivity index (χ3n) is 6.96. The number of aromatic nitrogens is 5. The molecular formula is C23H25FN8. The van der Waals surface area contributed by atoms with Crippen molar-refractivity contribution < 1.29 is 4.39 Å². The fourth-order valence-electron chi connectivity index (χ4n) is 5.01. The molecule has 2 atom stereocenters. The topological polar surface area (TPSA) is 109 Å². The van der Waals surface area contributed by atoms with Crippen LogP contribution in [-0.4, -0.2) is 51.1 Å². The first-order valence-corrected chi connectivity index (χ1v) is 10.9. The average molecular weight is 433 g/mol. The van der Waals surface area contributed by atoms with Gasteiger partial charge in [-0.15, -0.1) is 0 Å².